The maximum Gasteiger partial charge on any atom is 0.416 e. The first kappa shape index (κ1) is 18.3. The van der Waals surface area contributed by atoms with Gasteiger partial charge in [-0.1, -0.05) is 30.3 Å². The van der Waals surface area contributed by atoms with E-state index in [0.717, 1.165) is 35.1 Å². The molecule has 130 valence electrons. The lowest BCUT2D eigenvalue weighted by Gasteiger charge is -2.27. The van der Waals surface area contributed by atoms with Gasteiger partial charge >= 0.3 is 6.18 Å². The van der Waals surface area contributed by atoms with Gasteiger partial charge < -0.3 is 9.22 Å². The minimum Gasteiger partial charge on any atom is -0.486 e. The van der Waals surface area contributed by atoms with Crippen LogP contribution in [0.3, 0.4) is 0 Å². The highest BCUT2D eigenvalue weighted by atomic mass is 19.4. The number of nitrogens with zero attached hydrogens (tertiary/aromatic N) is 1. The summed E-state index contributed by atoms with van der Waals surface area (Å²) < 4.78 is 44.7. The Hall–Kier alpha value is -2.01. The standard InChI is InChI=1S/C19H23F3NO/c1-23(2,3)14-13-18(15-7-5-4-6-8-15)24-17-11-9-16(10-12-17)19(20,21)22/h4-12,18H,13-14H2,1-3H3/q+1. The van der Waals surface area contributed by atoms with Crippen molar-refractivity contribution in [1.82, 2.24) is 0 Å². The second-order valence-electron chi connectivity index (χ2n) is 6.84. The second-order valence-corrected chi connectivity index (χ2v) is 6.84. The molecule has 1 atom stereocenters. The Labute approximate surface area is 141 Å². The van der Waals surface area contributed by atoms with Crippen LogP contribution < -0.4 is 4.74 Å². The predicted octanol–water partition coefficient (Wildman–Crippen LogP) is 4.92. The molecule has 2 rings (SSSR count). The molecule has 0 aromatic heterocycles. The fourth-order valence-electron chi connectivity index (χ4n) is 2.35. The third kappa shape index (κ3) is 5.57. The van der Waals surface area contributed by atoms with E-state index in [1.54, 1.807) is 0 Å². The van der Waals surface area contributed by atoms with Crippen LogP contribution in [0.25, 0.3) is 0 Å². The minimum atomic E-state index is -4.33. The van der Waals surface area contributed by atoms with E-state index >= 15 is 0 Å². The highest BCUT2D eigenvalue weighted by Gasteiger charge is 2.30. The van der Waals surface area contributed by atoms with Gasteiger partial charge in [-0.15, -0.1) is 0 Å². The molecule has 0 N–H and O–H groups in total. The van der Waals surface area contributed by atoms with Crippen LogP contribution in [0.15, 0.2) is 54.6 Å². The zero-order valence-electron chi connectivity index (χ0n) is 14.2. The lowest BCUT2D eigenvalue weighted by molar-refractivity contribution is -0.870. The van der Waals surface area contributed by atoms with E-state index in [1.807, 2.05) is 30.3 Å². The summed E-state index contributed by atoms with van der Waals surface area (Å²) in [6, 6.07) is 14.6. The third-order valence-corrected chi connectivity index (χ3v) is 3.69. The molecular weight excluding hydrogens is 315 g/mol. The van der Waals surface area contributed by atoms with E-state index in [0.29, 0.717) is 5.75 Å². The van der Waals surface area contributed by atoms with Crippen LogP contribution in [0.1, 0.15) is 23.7 Å². The van der Waals surface area contributed by atoms with Crippen molar-refractivity contribution in [2.75, 3.05) is 27.7 Å². The molecule has 0 heterocycles. The average molecular weight is 338 g/mol. The van der Waals surface area contributed by atoms with Crippen molar-refractivity contribution >= 4 is 0 Å². The lowest BCUT2D eigenvalue weighted by atomic mass is 10.1. The number of rotatable bonds is 6. The van der Waals surface area contributed by atoms with Crippen molar-refractivity contribution < 1.29 is 22.4 Å². The number of quaternary nitrogens is 1. The molecule has 0 radical (unpaired) electrons. The molecule has 0 saturated carbocycles. The van der Waals surface area contributed by atoms with Crippen LogP contribution in [0.4, 0.5) is 13.2 Å². The molecule has 0 aliphatic heterocycles. The SMILES string of the molecule is C[N+](C)(C)CCC(Oc1ccc(C(F)(F)F)cc1)c1ccccc1. The third-order valence-electron chi connectivity index (χ3n) is 3.69. The van der Waals surface area contributed by atoms with Gasteiger partial charge in [-0.3, -0.25) is 0 Å². The van der Waals surface area contributed by atoms with E-state index in [9.17, 15) is 13.2 Å². The summed E-state index contributed by atoms with van der Waals surface area (Å²) in [4.78, 5) is 0. The minimum absolute atomic E-state index is 0.194. The number of hydrogen-bond donors (Lipinski definition) is 0. The van der Waals surface area contributed by atoms with E-state index in [1.165, 1.54) is 12.1 Å². The van der Waals surface area contributed by atoms with Gasteiger partial charge in [0.15, 0.2) is 0 Å². The van der Waals surface area contributed by atoms with Crippen LogP contribution in [0, 0.1) is 0 Å². The number of hydrogen-bond acceptors (Lipinski definition) is 1. The average Bonchev–Trinajstić information content (AvgIpc) is 2.51. The molecule has 5 heteroatoms. The van der Waals surface area contributed by atoms with Crippen molar-refractivity contribution in [1.29, 1.82) is 0 Å². The molecule has 24 heavy (non-hydrogen) atoms. The Balaban J connectivity index is 2.16. The zero-order chi connectivity index (χ0) is 17.8. The fourth-order valence-corrected chi connectivity index (χ4v) is 2.35. The van der Waals surface area contributed by atoms with Crippen LogP contribution in [0.2, 0.25) is 0 Å². The van der Waals surface area contributed by atoms with E-state index in [-0.39, 0.29) is 6.10 Å². The Morgan fingerprint density at radius 2 is 1.50 bits per heavy atom. The van der Waals surface area contributed by atoms with Gasteiger partial charge in [0.25, 0.3) is 0 Å². The van der Waals surface area contributed by atoms with Gasteiger partial charge in [-0.2, -0.15) is 13.2 Å². The van der Waals surface area contributed by atoms with Crippen LogP contribution >= 0.6 is 0 Å². The summed E-state index contributed by atoms with van der Waals surface area (Å²) in [5.74, 6) is 0.443. The smallest absolute Gasteiger partial charge is 0.416 e. The molecule has 0 aliphatic carbocycles. The molecule has 0 aliphatic rings. The Bertz CT molecular complexity index is 630. The first-order valence-corrected chi connectivity index (χ1v) is 7.84. The number of halogens is 3. The van der Waals surface area contributed by atoms with Gasteiger partial charge in [-0.25, -0.2) is 0 Å². The fraction of sp³-hybridized carbons (Fsp3) is 0.368. The topological polar surface area (TPSA) is 9.23 Å². The first-order valence-electron chi connectivity index (χ1n) is 7.84. The molecule has 0 fully saturated rings. The van der Waals surface area contributed by atoms with E-state index < -0.39 is 11.7 Å². The van der Waals surface area contributed by atoms with E-state index in [2.05, 4.69) is 21.1 Å². The molecule has 0 spiro atoms. The Kier molecular flexibility index (Phi) is 5.54. The number of ether oxygens (including phenoxy) is 1. The Morgan fingerprint density at radius 1 is 0.917 bits per heavy atom. The molecule has 0 amide bonds. The second kappa shape index (κ2) is 7.26. The molecule has 0 bridgehead atoms. The highest BCUT2D eigenvalue weighted by molar-refractivity contribution is 5.30. The summed E-state index contributed by atoms with van der Waals surface area (Å²) >= 11 is 0. The van der Waals surface area contributed by atoms with Gasteiger partial charge in [0.2, 0.25) is 0 Å². The zero-order valence-corrected chi connectivity index (χ0v) is 14.2. The summed E-state index contributed by atoms with van der Waals surface area (Å²) in [6.07, 6.45) is -3.75. The predicted molar refractivity (Wildman–Crippen MR) is 88.8 cm³/mol. The molecule has 2 aromatic carbocycles. The van der Waals surface area contributed by atoms with Crippen molar-refractivity contribution in [3.63, 3.8) is 0 Å². The largest absolute Gasteiger partial charge is 0.486 e. The van der Waals surface area contributed by atoms with Crippen LogP contribution in [0.5, 0.6) is 5.75 Å². The van der Waals surface area contributed by atoms with Gasteiger partial charge in [0.05, 0.1) is 33.3 Å². The first-order chi connectivity index (χ1) is 11.1. The quantitative estimate of drug-likeness (QED) is 0.679. The molecular formula is C19H23F3NO+. The van der Waals surface area contributed by atoms with E-state index in [4.69, 9.17) is 4.74 Å². The lowest BCUT2D eigenvalue weighted by Crippen LogP contribution is -2.36. The summed E-state index contributed by atoms with van der Waals surface area (Å²) in [5, 5.41) is 0. The van der Waals surface area contributed by atoms with Gasteiger partial charge in [-0.05, 0) is 29.8 Å². The molecule has 2 nitrogen and oxygen atoms in total. The molecule has 0 saturated heterocycles. The highest BCUT2D eigenvalue weighted by Crippen LogP contribution is 2.32. The summed E-state index contributed by atoms with van der Waals surface area (Å²) in [5.41, 5.74) is 0.350. The van der Waals surface area contributed by atoms with Gasteiger partial charge in [0, 0.05) is 6.42 Å². The molecule has 2 aromatic rings. The summed E-state index contributed by atoms with van der Waals surface area (Å²) in [7, 11) is 6.29. The van der Waals surface area contributed by atoms with Crippen molar-refractivity contribution in [3.8, 4) is 5.75 Å². The van der Waals surface area contributed by atoms with Gasteiger partial charge in [0.1, 0.15) is 11.9 Å². The van der Waals surface area contributed by atoms with Crippen LogP contribution in [-0.4, -0.2) is 32.2 Å². The number of alkyl halides is 3. The Morgan fingerprint density at radius 3 is 2.00 bits per heavy atom. The van der Waals surface area contributed by atoms with Crippen molar-refractivity contribution in [2.24, 2.45) is 0 Å². The monoisotopic (exact) mass is 338 g/mol. The summed E-state index contributed by atoms with van der Waals surface area (Å²) in [6.45, 7) is 0.889. The molecule has 1 unspecified atom stereocenters. The number of benzene rings is 2. The maximum absolute atomic E-state index is 12.7. The van der Waals surface area contributed by atoms with Crippen LogP contribution in [-0.2, 0) is 6.18 Å². The normalized spacial score (nSPS) is 13.6. The van der Waals surface area contributed by atoms with Crippen molar-refractivity contribution in [3.05, 3.63) is 65.7 Å². The van der Waals surface area contributed by atoms with Crippen molar-refractivity contribution in [2.45, 2.75) is 18.7 Å². The maximum atomic E-state index is 12.7.